The predicted octanol–water partition coefficient (Wildman–Crippen LogP) is 4.45. The lowest BCUT2D eigenvalue weighted by molar-refractivity contribution is 0.119. The number of nitrogens with zero attached hydrogens (tertiary/aromatic N) is 1. The first-order valence-electron chi connectivity index (χ1n) is 9.91. The highest BCUT2D eigenvalue weighted by Gasteiger charge is 2.55. The van der Waals surface area contributed by atoms with Crippen molar-refractivity contribution < 1.29 is 22.7 Å². The van der Waals surface area contributed by atoms with Crippen LogP contribution in [0.2, 0.25) is 0 Å². The van der Waals surface area contributed by atoms with Gasteiger partial charge in [0.15, 0.2) is 0 Å². The molecule has 6 nitrogen and oxygen atoms in total. The highest BCUT2D eigenvalue weighted by molar-refractivity contribution is 7.89. The average Bonchev–Trinajstić information content (AvgIpc) is 2.99. The van der Waals surface area contributed by atoms with E-state index >= 15 is 0 Å². The fourth-order valence-electron chi connectivity index (χ4n) is 3.57. The second-order valence-corrected chi connectivity index (χ2v) is 9.28. The summed E-state index contributed by atoms with van der Waals surface area (Å²) in [5, 5.41) is 0. The van der Waals surface area contributed by atoms with E-state index in [1.54, 1.807) is 31.2 Å². The van der Waals surface area contributed by atoms with E-state index in [1.807, 2.05) is 44.2 Å². The summed E-state index contributed by atoms with van der Waals surface area (Å²) in [6, 6.07) is 16.2. The van der Waals surface area contributed by atoms with Crippen LogP contribution in [-0.4, -0.2) is 37.1 Å². The van der Waals surface area contributed by atoms with Crippen LogP contribution in [0.3, 0.4) is 0 Å². The number of hydrogen-bond acceptors (Lipinski definition) is 5. The number of carbonyl (C=O) groups excluding carboxylic acids is 1. The molecule has 1 amide bonds. The van der Waals surface area contributed by atoms with Gasteiger partial charge in [-0.05, 0) is 38.0 Å². The highest BCUT2D eigenvalue weighted by atomic mass is 32.2. The molecule has 1 heterocycles. The molecule has 0 unspecified atom stereocenters. The van der Waals surface area contributed by atoms with Crippen LogP contribution < -0.4 is 0 Å². The molecule has 1 aliphatic heterocycles. The molecule has 1 saturated heterocycles. The third-order valence-corrected chi connectivity index (χ3v) is 7.10. The Morgan fingerprint density at radius 1 is 1.13 bits per heavy atom. The van der Waals surface area contributed by atoms with Gasteiger partial charge >= 0.3 is 6.09 Å². The molecule has 0 spiro atoms. The topological polar surface area (TPSA) is 72.9 Å². The Hall–Kier alpha value is -2.64. The van der Waals surface area contributed by atoms with E-state index in [1.165, 1.54) is 12.1 Å². The maximum Gasteiger partial charge on any atom is 0.425 e. The minimum atomic E-state index is -4.07. The summed E-state index contributed by atoms with van der Waals surface area (Å²) in [5.74, 6) is 0. The van der Waals surface area contributed by atoms with Crippen LogP contribution in [0.25, 0.3) is 0 Å². The van der Waals surface area contributed by atoms with Crippen molar-refractivity contribution in [1.29, 1.82) is 0 Å². The van der Waals surface area contributed by atoms with Gasteiger partial charge in [-0.1, -0.05) is 67.1 Å². The minimum Gasteiger partial charge on any atom is -0.442 e. The number of hydrogen-bond donors (Lipinski definition) is 0. The lowest BCUT2D eigenvalue weighted by atomic mass is 9.93. The molecule has 0 aliphatic carbocycles. The predicted molar refractivity (Wildman–Crippen MR) is 114 cm³/mol. The molecule has 160 valence electrons. The molecule has 30 heavy (non-hydrogen) atoms. The summed E-state index contributed by atoms with van der Waals surface area (Å²) < 4.78 is 38.5. The van der Waals surface area contributed by atoms with Crippen molar-refractivity contribution in [2.45, 2.75) is 50.3 Å². The first-order chi connectivity index (χ1) is 14.3. The summed E-state index contributed by atoms with van der Waals surface area (Å²) in [6.07, 6.45) is 2.47. The Morgan fingerprint density at radius 3 is 2.43 bits per heavy atom. The van der Waals surface area contributed by atoms with Gasteiger partial charge in [0, 0.05) is 0 Å². The van der Waals surface area contributed by atoms with E-state index in [4.69, 9.17) is 9.47 Å². The molecule has 1 aliphatic rings. The number of carbonyl (C=O) groups is 1. The second-order valence-electron chi connectivity index (χ2n) is 7.49. The van der Waals surface area contributed by atoms with Gasteiger partial charge in [-0.2, -0.15) is 4.31 Å². The Morgan fingerprint density at radius 2 is 1.80 bits per heavy atom. The first-order valence-corrected chi connectivity index (χ1v) is 11.3. The van der Waals surface area contributed by atoms with Gasteiger partial charge in [-0.3, -0.25) is 0 Å². The van der Waals surface area contributed by atoms with Crippen LogP contribution in [0.4, 0.5) is 4.79 Å². The number of benzene rings is 2. The number of cyclic esters (lactones) is 1. The second kappa shape index (κ2) is 9.02. The van der Waals surface area contributed by atoms with Crippen LogP contribution >= 0.6 is 0 Å². The quantitative estimate of drug-likeness (QED) is 0.458. The van der Waals surface area contributed by atoms with Crippen molar-refractivity contribution in [3.63, 3.8) is 0 Å². The zero-order valence-electron chi connectivity index (χ0n) is 17.4. The van der Waals surface area contributed by atoms with Crippen molar-refractivity contribution in [2.75, 3.05) is 6.61 Å². The largest absolute Gasteiger partial charge is 0.442 e. The molecule has 2 aromatic rings. The Labute approximate surface area is 178 Å². The van der Waals surface area contributed by atoms with Crippen molar-refractivity contribution in [3.8, 4) is 0 Å². The Kier molecular flexibility index (Phi) is 6.63. The van der Waals surface area contributed by atoms with Crippen LogP contribution in [0.5, 0.6) is 0 Å². The SMILES string of the molecule is CC[C@@H]1OC(=O)N(S(=O)(=O)c2ccc(C)cc2)[C@@]1(C)/C=C/COCc1ccccc1. The van der Waals surface area contributed by atoms with E-state index in [2.05, 4.69) is 0 Å². The zero-order chi connectivity index (χ0) is 21.8. The monoisotopic (exact) mass is 429 g/mol. The van der Waals surface area contributed by atoms with E-state index in [0.717, 1.165) is 15.4 Å². The third-order valence-electron chi connectivity index (χ3n) is 5.21. The first kappa shape index (κ1) is 22.1. The summed E-state index contributed by atoms with van der Waals surface area (Å²) in [6.45, 7) is 6.16. The van der Waals surface area contributed by atoms with Crippen LogP contribution in [0.1, 0.15) is 31.4 Å². The molecule has 0 aromatic heterocycles. The number of amides is 1. The van der Waals surface area contributed by atoms with Gasteiger partial charge in [0.2, 0.25) is 0 Å². The molecule has 1 fully saturated rings. The van der Waals surface area contributed by atoms with Crippen LogP contribution in [-0.2, 0) is 26.1 Å². The number of aryl methyl sites for hydroxylation is 1. The van der Waals surface area contributed by atoms with E-state index < -0.39 is 27.8 Å². The molecular weight excluding hydrogens is 402 g/mol. The smallest absolute Gasteiger partial charge is 0.425 e. The molecule has 0 saturated carbocycles. The summed E-state index contributed by atoms with van der Waals surface area (Å²) in [5.41, 5.74) is 0.833. The molecular formula is C23H27NO5S. The molecule has 0 bridgehead atoms. The van der Waals surface area contributed by atoms with E-state index in [0.29, 0.717) is 13.0 Å². The normalized spacial score (nSPS) is 21.9. The number of sulfonamides is 1. The Bertz CT molecular complexity index is 1000. The summed E-state index contributed by atoms with van der Waals surface area (Å²) in [4.78, 5) is 12.6. The molecule has 3 rings (SSSR count). The van der Waals surface area contributed by atoms with Crippen LogP contribution in [0.15, 0.2) is 71.6 Å². The average molecular weight is 430 g/mol. The maximum atomic E-state index is 13.3. The summed E-state index contributed by atoms with van der Waals surface area (Å²) in [7, 11) is -4.07. The highest BCUT2D eigenvalue weighted by Crippen LogP contribution is 2.38. The number of ether oxygens (including phenoxy) is 2. The van der Waals surface area contributed by atoms with Crippen LogP contribution in [0, 0.1) is 6.92 Å². The molecule has 2 atom stereocenters. The zero-order valence-corrected chi connectivity index (χ0v) is 18.3. The van der Waals surface area contributed by atoms with E-state index in [9.17, 15) is 13.2 Å². The minimum absolute atomic E-state index is 0.0572. The van der Waals surface area contributed by atoms with Crippen molar-refractivity contribution in [1.82, 2.24) is 4.31 Å². The lowest BCUT2D eigenvalue weighted by Crippen LogP contribution is -2.50. The van der Waals surface area contributed by atoms with E-state index in [-0.39, 0.29) is 11.5 Å². The molecule has 2 aromatic carbocycles. The molecule has 0 N–H and O–H groups in total. The fraction of sp³-hybridized carbons (Fsp3) is 0.348. The van der Waals surface area contributed by atoms with Crippen molar-refractivity contribution >= 4 is 16.1 Å². The standard InChI is InChI=1S/C23H27NO5S/c1-4-21-23(3,15-8-16-28-17-19-9-6-5-7-10-19)24(22(25)29-21)30(26,27)20-13-11-18(2)12-14-20/h5-15,21H,4,16-17H2,1-3H3/b15-8+/t21-,23-/m0/s1. The third kappa shape index (κ3) is 4.42. The van der Waals surface area contributed by atoms with Gasteiger partial charge in [0.25, 0.3) is 10.0 Å². The number of rotatable bonds is 8. The maximum absolute atomic E-state index is 13.3. The molecule has 0 radical (unpaired) electrons. The van der Waals surface area contributed by atoms with Gasteiger partial charge in [0.05, 0.1) is 18.1 Å². The van der Waals surface area contributed by atoms with Crippen molar-refractivity contribution in [3.05, 3.63) is 77.9 Å². The lowest BCUT2D eigenvalue weighted by Gasteiger charge is -2.32. The fourth-order valence-corrected chi connectivity index (χ4v) is 5.19. The summed E-state index contributed by atoms with van der Waals surface area (Å²) >= 11 is 0. The van der Waals surface area contributed by atoms with Gasteiger partial charge in [0.1, 0.15) is 11.6 Å². The Balaban J connectivity index is 1.81. The van der Waals surface area contributed by atoms with Gasteiger partial charge in [-0.25, -0.2) is 13.2 Å². The van der Waals surface area contributed by atoms with Crippen molar-refractivity contribution in [2.24, 2.45) is 0 Å². The molecule has 7 heteroatoms. The van der Waals surface area contributed by atoms with Gasteiger partial charge < -0.3 is 9.47 Å². The van der Waals surface area contributed by atoms with Gasteiger partial charge in [-0.15, -0.1) is 0 Å².